The molecule has 7 heteroatoms. The van der Waals surface area contributed by atoms with E-state index in [1.807, 2.05) is 12.1 Å². The van der Waals surface area contributed by atoms with E-state index in [4.69, 9.17) is 5.21 Å². The van der Waals surface area contributed by atoms with Crippen LogP contribution in [0, 0.1) is 11.8 Å². The predicted octanol–water partition coefficient (Wildman–Crippen LogP) is 3.28. The van der Waals surface area contributed by atoms with Crippen LogP contribution in [0.25, 0.3) is 6.08 Å². The molecule has 158 valence electrons. The number of rotatable bonds is 8. The van der Waals surface area contributed by atoms with Gasteiger partial charge in [-0.15, -0.1) is 0 Å². The summed E-state index contributed by atoms with van der Waals surface area (Å²) in [5.74, 6) is -0.991. The molecule has 1 aromatic rings. The molecular weight excluding hydrogens is 370 g/mol. The number of carboxylic acid groups (broad SMARTS) is 1. The van der Waals surface area contributed by atoms with Gasteiger partial charge in [-0.25, -0.2) is 5.48 Å². The van der Waals surface area contributed by atoms with E-state index in [1.54, 1.807) is 17.8 Å². The summed E-state index contributed by atoms with van der Waals surface area (Å²) < 4.78 is 0. The van der Waals surface area contributed by atoms with Crippen LogP contribution in [0.4, 0.5) is 0 Å². The molecule has 1 atom stereocenters. The SMILES string of the molecule is O=C(/C=C/c1ccc(CN[C@](C(=O)O)(C2CCCCC2)C2CCCC2)nc1)NO. The molecule has 2 saturated carbocycles. The first kappa shape index (κ1) is 21.5. The molecule has 0 aromatic carbocycles. The normalized spacial score (nSPS) is 20.6. The van der Waals surface area contributed by atoms with Gasteiger partial charge in [0, 0.05) is 18.8 Å². The third kappa shape index (κ3) is 5.03. The Bertz CT molecular complexity index is 722. The van der Waals surface area contributed by atoms with Gasteiger partial charge in [0.25, 0.3) is 5.91 Å². The summed E-state index contributed by atoms with van der Waals surface area (Å²) in [4.78, 5) is 28.1. The zero-order valence-electron chi connectivity index (χ0n) is 16.8. The van der Waals surface area contributed by atoms with E-state index in [0.29, 0.717) is 6.54 Å². The fourth-order valence-electron chi connectivity index (χ4n) is 5.07. The average molecular weight is 402 g/mol. The van der Waals surface area contributed by atoms with Crippen LogP contribution in [0.2, 0.25) is 0 Å². The average Bonchev–Trinajstić information content (AvgIpc) is 3.29. The van der Waals surface area contributed by atoms with E-state index in [1.165, 1.54) is 12.5 Å². The second-order valence-electron chi connectivity index (χ2n) is 8.24. The Balaban J connectivity index is 1.75. The first-order valence-corrected chi connectivity index (χ1v) is 10.6. The lowest BCUT2D eigenvalue weighted by molar-refractivity contribution is -0.152. The molecule has 2 fully saturated rings. The highest BCUT2D eigenvalue weighted by Gasteiger charge is 2.51. The van der Waals surface area contributed by atoms with Gasteiger partial charge < -0.3 is 5.11 Å². The van der Waals surface area contributed by atoms with Crippen molar-refractivity contribution in [3.8, 4) is 0 Å². The fourth-order valence-corrected chi connectivity index (χ4v) is 5.07. The molecule has 0 aliphatic heterocycles. The molecule has 2 aliphatic carbocycles. The second-order valence-corrected chi connectivity index (χ2v) is 8.24. The molecule has 3 rings (SSSR count). The van der Waals surface area contributed by atoms with Crippen LogP contribution in [0.1, 0.15) is 69.0 Å². The largest absolute Gasteiger partial charge is 0.480 e. The number of amides is 1. The minimum Gasteiger partial charge on any atom is -0.480 e. The molecule has 1 aromatic heterocycles. The van der Waals surface area contributed by atoms with E-state index < -0.39 is 17.4 Å². The van der Waals surface area contributed by atoms with Crippen molar-refractivity contribution in [3.63, 3.8) is 0 Å². The van der Waals surface area contributed by atoms with Crippen molar-refractivity contribution in [1.82, 2.24) is 15.8 Å². The van der Waals surface area contributed by atoms with E-state index in [9.17, 15) is 14.7 Å². The topological polar surface area (TPSA) is 112 Å². The molecule has 4 N–H and O–H groups in total. The van der Waals surface area contributed by atoms with Gasteiger partial charge in [0.15, 0.2) is 0 Å². The molecule has 0 saturated heterocycles. The minimum atomic E-state index is -0.879. The maximum absolute atomic E-state index is 12.6. The molecule has 2 aliphatic rings. The summed E-state index contributed by atoms with van der Waals surface area (Å²) in [6.45, 7) is 0.403. The first-order chi connectivity index (χ1) is 14.1. The van der Waals surface area contributed by atoms with Crippen LogP contribution < -0.4 is 10.8 Å². The van der Waals surface area contributed by atoms with Crippen molar-refractivity contribution < 1.29 is 19.9 Å². The van der Waals surface area contributed by atoms with Gasteiger partial charge in [0.2, 0.25) is 0 Å². The Morgan fingerprint density at radius 1 is 1.07 bits per heavy atom. The highest BCUT2D eigenvalue weighted by molar-refractivity contribution is 5.90. The Morgan fingerprint density at radius 3 is 2.21 bits per heavy atom. The fraction of sp³-hybridized carbons (Fsp3) is 0.591. The number of pyridine rings is 1. The molecule has 0 spiro atoms. The number of aromatic nitrogens is 1. The molecular formula is C22H31N3O4. The lowest BCUT2D eigenvalue weighted by Gasteiger charge is -2.44. The molecule has 1 amide bonds. The van der Waals surface area contributed by atoms with E-state index in [0.717, 1.165) is 62.6 Å². The third-order valence-electron chi connectivity index (χ3n) is 6.55. The number of carbonyl (C=O) groups excluding carboxylic acids is 1. The zero-order chi connectivity index (χ0) is 20.7. The lowest BCUT2D eigenvalue weighted by atomic mass is 9.67. The summed E-state index contributed by atoms with van der Waals surface area (Å²) in [5.41, 5.74) is 2.16. The van der Waals surface area contributed by atoms with Gasteiger partial charge >= 0.3 is 5.97 Å². The number of hydrogen-bond donors (Lipinski definition) is 4. The van der Waals surface area contributed by atoms with Crippen LogP contribution in [0.15, 0.2) is 24.4 Å². The van der Waals surface area contributed by atoms with Crippen molar-refractivity contribution in [1.29, 1.82) is 0 Å². The van der Waals surface area contributed by atoms with Crippen molar-refractivity contribution in [3.05, 3.63) is 35.7 Å². The highest BCUT2D eigenvalue weighted by atomic mass is 16.5. The first-order valence-electron chi connectivity index (χ1n) is 10.6. The maximum Gasteiger partial charge on any atom is 0.324 e. The quantitative estimate of drug-likeness (QED) is 0.302. The van der Waals surface area contributed by atoms with E-state index >= 15 is 0 Å². The van der Waals surface area contributed by atoms with E-state index in [2.05, 4.69) is 10.3 Å². The number of carboxylic acids is 1. The molecule has 0 radical (unpaired) electrons. The van der Waals surface area contributed by atoms with Gasteiger partial charge in [-0.2, -0.15) is 0 Å². The van der Waals surface area contributed by atoms with Crippen LogP contribution in [0.3, 0.4) is 0 Å². The molecule has 1 heterocycles. The van der Waals surface area contributed by atoms with E-state index in [-0.39, 0.29) is 11.8 Å². The number of nitrogens with one attached hydrogen (secondary N) is 2. The van der Waals surface area contributed by atoms with Crippen LogP contribution in [0.5, 0.6) is 0 Å². The third-order valence-corrected chi connectivity index (χ3v) is 6.55. The van der Waals surface area contributed by atoms with Gasteiger partial charge in [-0.3, -0.25) is 25.1 Å². The minimum absolute atomic E-state index is 0.163. The maximum atomic E-state index is 12.6. The summed E-state index contributed by atoms with van der Waals surface area (Å²) in [7, 11) is 0. The molecule has 29 heavy (non-hydrogen) atoms. The number of hydroxylamine groups is 1. The van der Waals surface area contributed by atoms with Crippen molar-refractivity contribution in [2.75, 3.05) is 0 Å². The Labute approximate surface area is 171 Å². The molecule has 0 unspecified atom stereocenters. The standard InChI is InChI=1S/C22H31N3O4/c26-20(25-29)13-11-16-10-12-19(23-14-16)15-24-22(21(27)28,18-8-4-5-9-18)17-6-2-1-3-7-17/h10-14,17-18,24,29H,1-9,15H2,(H,25,26)(H,27,28)/b13-11+/t22-/m1/s1. The summed E-state index contributed by atoms with van der Waals surface area (Å²) >= 11 is 0. The van der Waals surface area contributed by atoms with Crippen molar-refractivity contribution >= 4 is 18.0 Å². The molecule has 7 nitrogen and oxygen atoms in total. The van der Waals surface area contributed by atoms with Gasteiger partial charge in [-0.1, -0.05) is 38.2 Å². The monoisotopic (exact) mass is 401 g/mol. The van der Waals surface area contributed by atoms with Crippen molar-refractivity contribution in [2.45, 2.75) is 69.9 Å². The Hall–Kier alpha value is -2.25. The van der Waals surface area contributed by atoms with Gasteiger partial charge in [0.05, 0.1) is 5.69 Å². The number of carbonyl (C=O) groups is 2. The van der Waals surface area contributed by atoms with Gasteiger partial charge in [0.1, 0.15) is 5.54 Å². The van der Waals surface area contributed by atoms with Crippen LogP contribution >= 0.6 is 0 Å². The second kappa shape index (κ2) is 9.98. The highest BCUT2D eigenvalue weighted by Crippen LogP contribution is 2.44. The van der Waals surface area contributed by atoms with Gasteiger partial charge in [-0.05, 0) is 55.2 Å². The number of hydrogen-bond acceptors (Lipinski definition) is 5. The Morgan fingerprint density at radius 2 is 1.69 bits per heavy atom. The predicted molar refractivity (Wildman–Crippen MR) is 109 cm³/mol. The zero-order valence-corrected chi connectivity index (χ0v) is 16.8. The number of aliphatic carboxylic acids is 1. The summed E-state index contributed by atoms with van der Waals surface area (Å²) in [5, 5.41) is 22.3. The lowest BCUT2D eigenvalue weighted by Crippen LogP contribution is -2.62. The molecule has 0 bridgehead atoms. The van der Waals surface area contributed by atoms with Crippen LogP contribution in [-0.4, -0.2) is 32.7 Å². The Kier molecular flexibility index (Phi) is 7.39. The smallest absolute Gasteiger partial charge is 0.324 e. The van der Waals surface area contributed by atoms with Crippen molar-refractivity contribution in [2.24, 2.45) is 11.8 Å². The summed E-state index contributed by atoms with van der Waals surface area (Å²) in [6, 6.07) is 3.66. The van der Waals surface area contributed by atoms with Crippen LogP contribution in [-0.2, 0) is 16.1 Å². The summed E-state index contributed by atoms with van der Waals surface area (Å²) in [6.07, 6.45) is 13.9. The number of nitrogens with zero attached hydrogens (tertiary/aromatic N) is 1.